The number of hydrogen-bond acceptors (Lipinski definition) is 2. The van der Waals surface area contributed by atoms with Crippen molar-refractivity contribution in [1.82, 2.24) is 4.72 Å². The van der Waals surface area contributed by atoms with Gasteiger partial charge in [0.25, 0.3) is 0 Å². The van der Waals surface area contributed by atoms with Crippen LogP contribution in [0.2, 0.25) is 0 Å². The van der Waals surface area contributed by atoms with Gasteiger partial charge in [0.05, 0.1) is 5.56 Å². The molecule has 72 valence electrons. The molecule has 0 aliphatic carbocycles. The lowest BCUT2D eigenvalue weighted by molar-refractivity contribution is -0.137. The second-order valence-electron chi connectivity index (χ2n) is 2.33. The van der Waals surface area contributed by atoms with Crippen LogP contribution in [-0.2, 0) is 6.18 Å². The maximum atomic E-state index is 12.1. The number of benzene rings is 1. The molecular weight excluding hydrogens is 199 g/mol. The summed E-state index contributed by atoms with van der Waals surface area (Å²) in [5.74, 6) is 0. The van der Waals surface area contributed by atoms with E-state index in [1.165, 1.54) is 24.1 Å². The van der Waals surface area contributed by atoms with Crippen molar-refractivity contribution >= 4 is 11.9 Å². The van der Waals surface area contributed by atoms with Crippen molar-refractivity contribution in [2.24, 2.45) is 0 Å². The quantitative estimate of drug-likeness (QED) is 0.748. The highest BCUT2D eigenvalue weighted by atomic mass is 32.2. The van der Waals surface area contributed by atoms with E-state index in [9.17, 15) is 13.2 Å². The van der Waals surface area contributed by atoms with E-state index in [4.69, 9.17) is 0 Å². The van der Waals surface area contributed by atoms with Gasteiger partial charge in [0.15, 0.2) is 0 Å². The van der Waals surface area contributed by atoms with Gasteiger partial charge in [-0.25, -0.2) is 0 Å². The Bertz CT molecular complexity index is 268. The molecule has 1 aromatic rings. The highest BCUT2D eigenvalue weighted by Crippen LogP contribution is 2.30. The highest BCUT2D eigenvalue weighted by molar-refractivity contribution is 7.97. The molecule has 13 heavy (non-hydrogen) atoms. The summed E-state index contributed by atoms with van der Waals surface area (Å²) in [5.41, 5.74) is -0.618. The third kappa shape index (κ3) is 2.93. The average molecular weight is 207 g/mol. The van der Waals surface area contributed by atoms with Gasteiger partial charge >= 0.3 is 6.18 Å². The van der Waals surface area contributed by atoms with E-state index >= 15 is 0 Å². The molecule has 0 aromatic heterocycles. The number of rotatable bonds is 2. The first-order chi connectivity index (χ1) is 6.04. The second kappa shape index (κ2) is 4.02. The molecule has 0 aliphatic heterocycles. The molecule has 0 fully saturated rings. The minimum absolute atomic E-state index is 0.618. The third-order valence-corrected chi connectivity index (χ3v) is 2.11. The smallest absolute Gasteiger partial charge is 0.263 e. The van der Waals surface area contributed by atoms with Gasteiger partial charge in [0, 0.05) is 4.90 Å². The van der Waals surface area contributed by atoms with Crippen LogP contribution in [0, 0.1) is 0 Å². The third-order valence-electron chi connectivity index (χ3n) is 1.40. The van der Waals surface area contributed by atoms with Crippen molar-refractivity contribution in [1.29, 1.82) is 0 Å². The summed E-state index contributed by atoms with van der Waals surface area (Å²) >= 11 is 1.28. The summed E-state index contributed by atoms with van der Waals surface area (Å²) in [5, 5.41) is 0. The summed E-state index contributed by atoms with van der Waals surface area (Å²) in [4.78, 5) is 0.760. The van der Waals surface area contributed by atoms with Crippen LogP contribution in [0.5, 0.6) is 0 Å². The Kier molecular flexibility index (Phi) is 3.22. The molecule has 1 nitrogen and oxygen atoms in total. The van der Waals surface area contributed by atoms with E-state index < -0.39 is 11.7 Å². The molecule has 0 saturated heterocycles. The van der Waals surface area contributed by atoms with Crippen LogP contribution >= 0.6 is 11.9 Å². The van der Waals surface area contributed by atoms with Gasteiger partial charge < -0.3 is 0 Å². The number of nitrogens with one attached hydrogen (secondary N) is 1. The van der Waals surface area contributed by atoms with Crippen LogP contribution in [0.3, 0.4) is 0 Å². The lowest BCUT2D eigenvalue weighted by Gasteiger charge is -2.06. The van der Waals surface area contributed by atoms with Crippen LogP contribution in [0.15, 0.2) is 29.2 Å². The Labute approximate surface area is 78.5 Å². The van der Waals surface area contributed by atoms with Gasteiger partial charge in [-0.05, 0) is 43.3 Å². The molecule has 0 amide bonds. The van der Waals surface area contributed by atoms with Crippen LogP contribution in [0.4, 0.5) is 13.2 Å². The summed E-state index contributed by atoms with van der Waals surface area (Å²) < 4.78 is 39.0. The van der Waals surface area contributed by atoms with Crippen molar-refractivity contribution in [2.75, 3.05) is 7.05 Å². The average Bonchev–Trinajstić information content (AvgIpc) is 2.04. The maximum Gasteiger partial charge on any atom is 0.416 e. The number of hydrogen-bond donors (Lipinski definition) is 1. The molecule has 1 N–H and O–H groups in total. The number of alkyl halides is 3. The predicted octanol–water partition coefficient (Wildman–Crippen LogP) is 2.93. The van der Waals surface area contributed by atoms with Gasteiger partial charge in [0.1, 0.15) is 0 Å². The zero-order valence-corrected chi connectivity index (χ0v) is 7.67. The largest absolute Gasteiger partial charge is 0.416 e. The summed E-state index contributed by atoms with van der Waals surface area (Å²) in [6, 6.07) is 5.01. The fourth-order valence-electron chi connectivity index (χ4n) is 0.830. The molecule has 0 atom stereocenters. The fourth-order valence-corrected chi connectivity index (χ4v) is 1.34. The Balaban J connectivity index is 2.81. The van der Waals surface area contributed by atoms with E-state index in [0.29, 0.717) is 0 Å². The van der Waals surface area contributed by atoms with Crippen molar-refractivity contribution in [3.63, 3.8) is 0 Å². The SMILES string of the molecule is CNSc1ccc(C(F)(F)F)cc1. The maximum absolute atomic E-state index is 12.1. The molecule has 0 bridgehead atoms. The normalized spacial score (nSPS) is 11.7. The first-order valence-corrected chi connectivity index (χ1v) is 4.36. The minimum atomic E-state index is -4.25. The Hall–Kier alpha value is -0.680. The summed E-state index contributed by atoms with van der Waals surface area (Å²) in [6.07, 6.45) is -4.25. The molecule has 0 radical (unpaired) electrons. The molecule has 0 saturated carbocycles. The monoisotopic (exact) mass is 207 g/mol. The molecule has 5 heteroatoms. The fraction of sp³-hybridized carbons (Fsp3) is 0.250. The molecule has 0 aliphatic rings. The lowest BCUT2D eigenvalue weighted by atomic mass is 10.2. The molecule has 0 heterocycles. The first kappa shape index (κ1) is 10.4. The minimum Gasteiger partial charge on any atom is -0.263 e. The van der Waals surface area contributed by atoms with Crippen molar-refractivity contribution < 1.29 is 13.2 Å². The molecule has 0 unspecified atom stereocenters. The predicted molar refractivity (Wildman–Crippen MR) is 46.4 cm³/mol. The molecule has 0 spiro atoms. The topological polar surface area (TPSA) is 12.0 Å². The summed E-state index contributed by atoms with van der Waals surface area (Å²) in [7, 11) is 1.71. The van der Waals surface area contributed by atoms with Gasteiger partial charge in [-0.15, -0.1) is 0 Å². The highest BCUT2D eigenvalue weighted by Gasteiger charge is 2.29. The zero-order chi connectivity index (χ0) is 9.90. The Morgan fingerprint density at radius 3 is 2.08 bits per heavy atom. The van der Waals surface area contributed by atoms with Crippen LogP contribution in [-0.4, -0.2) is 7.05 Å². The standard InChI is InChI=1S/C8H8F3NS/c1-12-13-7-4-2-6(3-5-7)8(9,10)11/h2-5,12H,1H3. The zero-order valence-electron chi connectivity index (χ0n) is 6.85. The van der Waals surface area contributed by atoms with E-state index in [1.807, 2.05) is 0 Å². The van der Waals surface area contributed by atoms with Gasteiger partial charge in [0.2, 0.25) is 0 Å². The van der Waals surface area contributed by atoms with E-state index in [1.54, 1.807) is 7.05 Å². The second-order valence-corrected chi connectivity index (χ2v) is 3.41. The van der Waals surface area contributed by atoms with Gasteiger partial charge in [-0.3, -0.25) is 4.72 Å². The van der Waals surface area contributed by atoms with Crippen molar-refractivity contribution in [2.45, 2.75) is 11.1 Å². The Morgan fingerprint density at radius 2 is 1.69 bits per heavy atom. The molecule has 1 rings (SSSR count). The van der Waals surface area contributed by atoms with E-state index in [0.717, 1.165) is 17.0 Å². The van der Waals surface area contributed by atoms with Crippen LogP contribution in [0.25, 0.3) is 0 Å². The van der Waals surface area contributed by atoms with Crippen LogP contribution in [0.1, 0.15) is 5.56 Å². The van der Waals surface area contributed by atoms with Gasteiger partial charge in [-0.2, -0.15) is 13.2 Å². The molecule has 1 aromatic carbocycles. The van der Waals surface area contributed by atoms with Crippen molar-refractivity contribution in [3.8, 4) is 0 Å². The first-order valence-electron chi connectivity index (χ1n) is 3.55. The molecular formula is C8H8F3NS. The van der Waals surface area contributed by atoms with E-state index in [-0.39, 0.29) is 0 Å². The van der Waals surface area contributed by atoms with Gasteiger partial charge in [-0.1, -0.05) is 0 Å². The Morgan fingerprint density at radius 1 is 1.15 bits per heavy atom. The van der Waals surface area contributed by atoms with E-state index in [2.05, 4.69) is 4.72 Å². The van der Waals surface area contributed by atoms with Crippen LogP contribution < -0.4 is 4.72 Å². The van der Waals surface area contributed by atoms with Crippen molar-refractivity contribution in [3.05, 3.63) is 29.8 Å². The number of halogens is 3. The lowest BCUT2D eigenvalue weighted by Crippen LogP contribution is -2.04. The summed E-state index contributed by atoms with van der Waals surface area (Å²) in [6.45, 7) is 0.